The summed E-state index contributed by atoms with van der Waals surface area (Å²) in [6, 6.07) is 7.11. The topological polar surface area (TPSA) is 49.3 Å². The Labute approximate surface area is 76.7 Å². The number of carbonyl (C=O) groups is 1. The Kier molecular flexibility index (Phi) is 2.69. The number of allylic oxidation sites excluding steroid dienone is 1. The molecule has 0 saturated carbocycles. The van der Waals surface area contributed by atoms with Crippen LogP contribution in [0, 0.1) is 0 Å². The second-order valence-corrected chi connectivity index (χ2v) is 2.79. The van der Waals surface area contributed by atoms with Crippen molar-refractivity contribution < 1.29 is 9.90 Å². The normalized spacial score (nSPS) is 9.31. The molecule has 0 spiro atoms. The molecule has 1 amide bonds. The van der Waals surface area contributed by atoms with Crippen LogP contribution in [0.15, 0.2) is 30.8 Å². The second kappa shape index (κ2) is 3.76. The lowest BCUT2D eigenvalue weighted by Gasteiger charge is -2.03. The molecule has 1 aromatic rings. The van der Waals surface area contributed by atoms with E-state index in [0.29, 0.717) is 5.69 Å². The molecule has 1 rings (SSSR count). The van der Waals surface area contributed by atoms with Crippen LogP contribution in [0.3, 0.4) is 0 Å². The first-order valence-corrected chi connectivity index (χ1v) is 3.85. The van der Waals surface area contributed by atoms with Crippen molar-refractivity contribution in [3.63, 3.8) is 0 Å². The van der Waals surface area contributed by atoms with Crippen molar-refractivity contribution in [1.29, 1.82) is 0 Å². The molecular formula is C10H11NO2. The summed E-state index contributed by atoms with van der Waals surface area (Å²) in [5.74, 6) is 0. The number of hydrogen-bond acceptors (Lipinski definition) is 1. The largest absolute Gasteiger partial charge is 0.465 e. The average molecular weight is 177 g/mol. The molecule has 68 valence electrons. The summed E-state index contributed by atoms with van der Waals surface area (Å²) in [6.45, 7) is 5.65. The van der Waals surface area contributed by atoms with Gasteiger partial charge in [-0.2, -0.15) is 0 Å². The number of hydrogen-bond donors (Lipinski definition) is 2. The van der Waals surface area contributed by atoms with Crippen molar-refractivity contribution in [2.24, 2.45) is 0 Å². The Bertz CT molecular complexity index is 345. The van der Waals surface area contributed by atoms with Gasteiger partial charge < -0.3 is 5.11 Å². The molecule has 0 bridgehead atoms. The molecule has 0 aliphatic heterocycles. The molecule has 3 nitrogen and oxygen atoms in total. The molecule has 2 N–H and O–H groups in total. The van der Waals surface area contributed by atoms with Crippen molar-refractivity contribution in [1.82, 2.24) is 0 Å². The molecule has 0 radical (unpaired) electrons. The van der Waals surface area contributed by atoms with Gasteiger partial charge in [0.1, 0.15) is 0 Å². The zero-order chi connectivity index (χ0) is 9.84. The summed E-state index contributed by atoms with van der Waals surface area (Å²) in [5.41, 5.74) is 2.41. The van der Waals surface area contributed by atoms with Crippen molar-refractivity contribution in [2.75, 3.05) is 5.32 Å². The predicted molar refractivity (Wildman–Crippen MR) is 52.8 cm³/mol. The standard InChI is InChI=1S/C10H11NO2/c1-7(2)8-4-3-5-9(6-8)11-10(12)13/h3-6,11H,1H2,2H3,(H,12,13). The minimum Gasteiger partial charge on any atom is -0.465 e. The van der Waals surface area contributed by atoms with E-state index in [9.17, 15) is 4.79 Å². The molecule has 13 heavy (non-hydrogen) atoms. The van der Waals surface area contributed by atoms with E-state index in [0.717, 1.165) is 11.1 Å². The quantitative estimate of drug-likeness (QED) is 0.729. The van der Waals surface area contributed by atoms with E-state index >= 15 is 0 Å². The highest BCUT2D eigenvalue weighted by Gasteiger charge is 1.98. The van der Waals surface area contributed by atoms with Gasteiger partial charge in [0.15, 0.2) is 0 Å². The first-order chi connectivity index (χ1) is 6.09. The Morgan fingerprint density at radius 3 is 2.77 bits per heavy atom. The number of rotatable bonds is 2. The van der Waals surface area contributed by atoms with Crippen LogP contribution in [0.2, 0.25) is 0 Å². The third-order valence-corrected chi connectivity index (χ3v) is 1.61. The lowest BCUT2D eigenvalue weighted by Crippen LogP contribution is -2.06. The van der Waals surface area contributed by atoms with Crippen molar-refractivity contribution in [3.05, 3.63) is 36.4 Å². The van der Waals surface area contributed by atoms with E-state index in [-0.39, 0.29) is 0 Å². The van der Waals surface area contributed by atoms with E-state index in [4.69, 9.17) is 5.11 Å². The van der Waals surface area contributed by atoms with Gasteiger partial charge in [0.25, 0.3) is 0 Å². The lowest BCUT2D eigenvalue weighted by atomic mass is 10.1. The number of nitrogens with one attached hydrogen (secondary N) is 1. The molecule has 1 aromatic carbocycles. The first kappa shape index (κ1) is 9.32. The number of carboxylic acid groups (broad SMARTS) is 1. The van der Waals surface area contributed by atoms with Gasteiger partial charge in [0.2, 0.25) is 0 Å². The fraction of sp³-hybridized carbons (Fsp3) is 0.100. The zero-order valence-corrected chi connectivity index (χ0v) is 7.37. The highest BCUT2D eigenvalue weighted by atomic mass is 16.4. The molecule has 0 heterocycles. The molecule has 0 aliphatic rings. The smallest absolute Gasteiger partial charge is 0.409 e. The van der Waals surface area contributed by atoms with Gasteiger partial charge in [-0.25, -0.2) is 4.79 Å². The summed E-state index contributed by atoms with van der Waals surface area (Å²) >= 11 is 0. The fourth-order valence-corrected chi connectivity index (χ4v) is 0.986. The van der Waals surface area contributed by atoms with Crippen LogP contribution in [-0.2, 0) is 0 Å². The van der Waals surface area contributed by atoms with Crippen LogP contribution < -0.4 is 5.32 Å². The maximum atomic E-state index is 10.3. The average Bonchev–Trinajstić information content (AvgIpc) is 2.03. The molecular weight excluding hydrogens is 166 g/mol. The summed E-state index contributed by atoms with van der Waals surface area (Å²) in [6.07, 6.45) is -1.06. The molecule has 3 heteroatoms. The molecule has 0 aliphatic carbocycles. The summed E-state index contributed by atoms with van der Waals surface area (Å²) < 4.78 is 0. The summed E-state index contributed by atoms with van der Waals surface area (Å²) in [7, 11) is 0. The van der Waals surface area contributed by atoms with Gasteiger partial charge in [-0.3, -0.25) is 5.32 Å². The van der Waals surface area contributed by atoms with Crippen LogP contribution in [0.25, 0.3) is 5.57 Å². The van der Waals surface area contributed by atoms with Gasteiger partial charge >= 0.3 is 6.09 Å². The summed E-state index contributed by atoms with van der Waals surface area (Å²) in [4.78, 5) is 10.3. The summed E-state index contributed by atoms with van der Waals surface area (Å²) in [5, 5.41) is 10.7. The minimum atomic E-state index is -1.06. The van der Waals surface area contributed by atoms with Crippen molar-refractivity contribution >= 4 is 17.4 Å². The third-order valence-electron chi connectivity index (χ3n) is 1.61. The lowest BCUT2D eigenvalue weighted by molar-refractivity contribution is 0.210. The number of anilines is 1. The Morgan fingerprint density at radius 2 is 2.23 bits per heavy atom. The highest BCUT2D eigenvalue weighted by molar-refractivity contribution is 5.83. The monoisotopic (exact) mass is 177 g/mol. The van der Waals surface area contributed by atoms with E-state index in [1.165, 1.54) is 0 Å². The zero-order valence-electron chi connectivity index (χ0n) is 7.37. The molecule has 0 saturated heterocycles. The van der Waals surface area contributed by atoms with E-state index in [1.807, 2.05) is 13.0 Å². The van der Waals surface area contributed by atoms with Gasteiger partial charge in [-0.05, 0) is 24.6 Å². The van der Waals surface area contributed by atoms with Crippen molar-refractivity contribution in [3.8, 4) is 0 Å². The van der Waals surface area contributed by atoms with Crippen LogP contribution in [0.5, 0.6) is 0 Å². The second-order valence-electron chi connectivity index (χ2n) is 2.79. The SMILES string of the molecule is C=C(C)c1cccc(NC(=O)O)c1. The van der Waals surface area contributed by atoms with Crippen molar-refractivity contribution in [2.45, 2.75) is 6.92 Å². The highest BCUT2D eigenvalue weighted by Crippen LogP contribution is 2.16. The van der Waals surface area contributed by atoms with E-state index in [1.54, 1.807) is 18.2 Å². The Morgan fingerprint density at radius 1 is 1.54 bits per heavy atom. The maximum Gasteiger partial charge on any atom is 0.409 e. The predicted octanol–water partition coefficient (Wildman–Crippen LogP) is 2.81. The van der Waals surface area contributed by atoms with Crippen LogP contribution in [0.1, 0.15) is 12.5 Å². The van der Waals surface area contributed by atoms with Gasteiger partial charge in [-0.15, -0.1) is 0 Å². The van der Waals surface area contributed by atoms with Gasteiger partial charge in [-0.1, -0.05) is 24.3 Å². The molecule has 0 atom stereocenters. The third kappa shape index (κ3) is 2.63. The maximum absolute atomic E-state index is 10.3. The molecule has 0 fully saturated rings. The van der Waals surface area contributed by atoms with Crippen LogP contribution >= 0.6 is 0 Å². The van der Waals surface area contributed by atoms with Gasteiger partial charge in [0.05, 0.1) is 0 Å². The number of amides is 1. The van der Waals surface area contributed by atoms with E-state index in [2.05, 4.69) is 11.9 Å². The number of benzene rings is 1. The molecule has 0 aromatic heterocycles. The van der Waals surface area contributed by atoms with Crippen LogP contribution in [-0.4, -0.2) is 11.2 Å². The minimum absolute atomic E-state index is 0.563. The Hall–Kier alpha value is -1.77. The fourth-order valence-electron chi connectivity index (χ4n) is 0.986. The van der Waals surface area contributed by atoms with Crippen LogP contribution in [0.4, 0.5) is 10.5 Å². The molecule has 0 unspecified atom stereocenters. The van der Waals surface area contributed by atoms with E-state index < -0.39 is 6.09 Å². The van der Waals surface area contributed by atoms with Gasteiger partial charge in [0, 0.05) is 5.69 Å². The Balaban J connectivity index is 2.91. The first-order valence-electron chi connectivity index (χ1n) is 3.85.